The number of benzene rings is 1. The minimum Gasteiger partial charge on any atom is -0.478 e. The van der Waals surface area contributed by atoms with Crippen LogP contribution in [-0.2, 0) is 4.79 Å². The number of likely N-dealkylation sites (tertiary alicyclic amines) is 1. The summed E-state index contributed by atoms with van der Waals surface area (Å²) >= 11 is 0. The van der Waals surface area contributed by atoms with Crippen molar-refractivity contribution in [1.29, 1.82) is 0 Å². The standard InChI is InChI=1S/C16H18FNO3/c1-11-3-2-8-18(10-11)16(21)13-6-4-12(9-14(13)17)5-7-15(19)20/h4-7,9,11H,2-3,8,10H2,1H3,(H,19,20). The van der Waals surface area contributed by atoms with E-state index in [4.69, 9.17) is 5.11 Å². The molecule has 1 amide bonds. The average molecular weight is 291 g/mol. The van der Waals surface area contributed by atoms with Crippen LogP contribution in [0.5, 0.6) is 0 Å². The zero-order chi connectivity index (χ0) is 15.4. The second kappa shape index (κ2) is 6.52. The van der Waals surface area contributed by atoms with E-state index >= 15 is 0 Å². The summed E-state index contributed by atoms with van der Waals surface area (Å²) in [5.74, 6) is -1.58. The third kappa shape index (κ3) is 3.90. The fraction of sp³-hybridized carbons (Fsp3) is 0.375. The number of hydrogen-bond donors (Lipinski definition) is 1. The topological polar surface area (TPSA) is 57.6 Å². The van der Waals surface area contributed by atoms with Gasteiger partial charge in [0.2, 0.25) is 0 Å². The number of amides is 1. The molecule has 0 radical (unpaired) electrons. The van der Waals surface area contributed by atoms with Crippen LogP contribution in [0.1, 0.15) is 35.7 Å². The van der Waals surface area contributed by atoms with E-state index in [1.165, 1.54) is 18.2 Å². The SMILES string of the molecule is CC1CCCN(C(=O)c2ccc(C=CC(=O)O)cc2F)C1. The number of carboxylic acids is 1. The van der Waals surface area contributed by atoms with Gasteiger partial charge in [-0.1, -0.05) is 13.0 Å². The first-order valence-corrected chi connectivity index (χ1v) is 6.97. The van der Waals surface area contributed by atoms with Crippen LogP contribution >= 0.6 is 0 Å². The zero-order valence-electron chi connectivity index (χ0n) is 11.9. The molecule has 112 valence electrons. The second-order valence-electron chi connectivity index (χ2n) is 5.41. The zero-order valence-corrected chi connectivity index (χ0v) is 11.9. The number of carboxylic acid groups (broad SMARTS) is 1. The number of halogens is 1. The molecule has 1 aliphatic rings. The van der Waals surface area contributed by atoms with Crippen LogP contribution < -0.4 is 0 Å². The third-order valence-electron chi connectivity index (χ3n) is 3.59. The van der Waals surface area contributed by atoms with Crippen molar-refractivity contribution in [2.24, 2.45) is 5.92 Å². The summed E-state index contributed by atoms with van der Waals surface area (Å²) < 4.78 is 14.0. The molecule has 0 saturated carbocycles. The highest BCUT2D eigenvalue weighted by atomic mass is 19.1. The van der Waals surface area contributed by atoms with Gasteiger partial charge in [-0.3, -0.25) is 4.79 Å². The maximum atomic E-state index is 14.0. The van der Waals surface area contributed by atoms with Crippen molar-refractivity contribution in [3.05, 3.63) is 41.2 Å². The Bertz CT molecular complexity index is 583. The fourth-order valence-corrected chi connectivity index (χ4v) is 2.52. The lowest BCUT2D eigenvalue weighted by Gasteiger charge is -2.31. The molecule has 1 atom stereocenters. The molecule has 1 aromatic carbocycles. The Balaban J connectivity index is 2.16. The van der Waals surface area contributed by atoms with Gasteiger partial charge < -0.3 is 10.0 Å². The van der Waals surface area contributed by atoms with Gasteiger partial charge in [0.1, 0.15) is 5.82 Å². The molecule has 2 rings (SSSR count). The first kappa shape index (κ1) is 15.2. The van der Waals surface area contributed by atoms with Crippen molar-refractivity contribution in [3.63, 3.8) is 0 Å². The van der Waals surface area contributed by atoms with Crippen LogP contribution in [0.3, 0.4) is 0 Å². The molecular formula is C16H18FNO3. The van der Waals surface area contributed by atoms with Gasteiger partial charge in [0, 0.05) is 19.2 Å². The number of rotatable bonds is 3. The van der Waals surface area contributed by atoms with E-state index in [-0.39, 0.29) is 11.5 Å². The van der Waals surface area contributed by atoms with Crippen molar-refractivity contribution in [2.75, 3.05) is 13.1 Å². The van der Waals surface area contributed by atoms with Crippen LogP contribution in [0.15, 0.2) is 24.3 Å². The Labute approximate surface area is 122 Å². The summed E-state index contributed by atoms with van der Waals surface area (Å²) in [4.78, 5) is 24.4. The summed E-state index contributed by atoms with van der Waals surface area (Å²) in [6.07, 6.45) is 4.25. The molecule has 0 aliphatic carbocycles. The highest BCUT2D eigenvalue weighted by Gasteiger charge is 2.23. The maximum Gasteiger partial charge on any atom is 0.328 e. The molecule has 1 aliphatic heterocycles. The van der Waals surface area contributed by atoms with Gasteiger partial charge in [-0.2, -0.15) is 0 Å². The van der Waals surface area contributed by atoms with Crippen molar-refractivity contribution in [1.82, 2.24) is 4.90 Å². The summed E-state index contributed by atoms with van der Waals surface area (Å²) in [5, 5.41) is 8.54. The average Bonchev–Trinajstić information content (AvgIpc) is 2.44. The minimum atomic E-state index is -1.10. The molecule has 1 heterocycles. The molecule has 1 unspecified atom stereocenters. The van der Waals surface area contributed by atoms with E-state index in [2.05, 4.69) is 6.92 Å². The third-order valence-corrected chi connectivity index (χ3v) is 3.59. The van der Waals surface area contributed by atoms with E-state index < -0.39 is 11.8 Å². The van der Waals surface area contributed by atoms with E-state index in [1.54, 1.807) is 11.0 Å². The molecular weight excluding hydrogens is 273 g/mol. The van der Waals surface area contributed by atoms with Crippen LogP contribution in [0.4, 0.5) is 4.39 Å². The van der Waals surface area contributed by atoms with Crippen LogP contribution in [-0.4, -0.2) is 35.0 Å². The van der Waals surface area contributed by atoms with Gasteiger partial charge in [0.15, 0.2) is 0 Å². The first-order valence-electron chi connectivity index (χ1n) is 6.97. The summed E-state index contributed by atoms with van der Waals surface area (Å²) in [6, 6.07) is 4.14. The number of hydrogen-bond acceptors (Lipinski definition) is 2. The molecule has 0 spiro atoms. The van der Waals surface area contributed by atoms with Gasteiger partial charge in [0.05, 0.1) is 5.56 Å². The lowest BCUT2D eigenvalue weighted by Crippen LogP contribution is -2.39. The monoisotopic (exact) mass is 291 g/mol. The van der Waals surface area contributed by atoms with E-state index in [1.807, 2.05) is 0 Å². The number of carbonyl (C=O) groups is 2. The van der Waals surface area contributed by atoms with Crippen LogP contribution in [0, 0.1) is 11.7 Å². The van der Waals surface area contributed by atoms with Gasteiger partial charge in [-0.15, -0.1) is 0 Å². The lowest BCUT2D eigenvalue weighted by molar-refractivity contribution is -0.131. The Morgan fingerprint density at radius 1 is 1.43 bits per heavy atom. The van der Waals surface area contributed by atoms with Crippen molar-refractivity contribution < 1.29 is 19.1 Å². The summed E-state index contributed by atoms with van der Waals surface area (Å²) in [6.45, 7) is 3.39. The number of carbonyl (C=O) groups excluding carboxylic acids is 1. The number of nitrogens with zero attached hydrogens (tertiary/aromatic N) is 1. The minimum absolute atomic E-state index is 0.0385. The summed E-state index contributed by atoms with van der Waals surface area (Å²) in [5.41, 5.74) is 0.454. The van der Waals surface area contributed by atoms with Crippen molar-refractivity contribution >= 4 is 18.0 Å². The first-order chi connectivity index (χ1) is 9.97. The largest absolute Gasteiger partial charge is 0.478 e. The molecule has 1 saturated heterocycles. The lowest BCUT2D eigenvalue weighted by atomic mass is 9.99. The van der Waals surface area contributed by atoms with Gasteiger partial charge in [-0.25, -0.2) is 9.18 Å². The van der Waals surface area contributed by atoms with Gasteiger partial charge in [-0.05, 0) is 42.5 Å². The van der Waals surface area contributed by atoms with Crippen LogP contribution in [0.2, 0.25) is 0 Å². The molecule has 1 fully saturated rings. The normalized spacial score (nSPS) is 19.0. The highest BCUT2D eigenvalue weighted by molar-refractivity contribution is 5.95. The Morgan fingerprint density at radius 3 is 2.81 bits per heavy atom. The summed E-state index contributed by atoms with van der Waals surface area (Å²) in [7, 11) is 0. The quantitative estimate of drug-likeness (QED) is 0.871. The van der Waals surface area contributed by atoms with Gasteiger partial charge in [0.25, 0.3) is 5.91 Å². The fourth-order valence-electron chi connectivity index (χ4n) is 2.52. The van der Waals surface area contributed by atoms with Gasteiger partial charge >= 0.3 is 5.97 Å². The molecule has 21 heavy (non-hydrogen) atoms. The molecule has 0 bridgehead atoms. The predicted molar refractivity (Wildman–Crippen MR) is 77.4 cm³/mol. The molecule has 1 N–H and O–H groups in total. The second-order valence-corrected chi connectivity index (χ2v) is 5.41. The van der Waals surface area contributed by atoms with Crippen LogP contribution in [0.25, 0.3) is 6.08 Å². The highest BCUT2D eigenvalue weighted by Crippen LogP contribution is 2.20. The Hall–Kier alpha value is -2.17. The van der Waals surface area contributed by atoms with E-state index in [0.717, 1.165) is 18.9 Å². The molecule has 0 aromatic heterocycles. The molecule has 4 nitrogen and oxygen atoms in total. The predicted octanol–water partition coefficient (Wildman–Crippen LogP) is 2.80. The Kier molecular flexibility index (Phi) is 4.73. The smallest absolute Gasteiger partial charge is 0.328 e. The molecule has 5 heteroatoms. The number of piperidine rings is 1. The van der Waals surface area contributed by atoms with E-state index in [9.17, 15) is 14.0 Å². The van der Waals surface area contributed by atoms with Crippen molar-refractivity contribution in [2.45, 2.75) is 19.8 Å². The van der Waals surface area contributed by atoms with E-state index in [0.29, 0.717) is 24.6 Å². The number of aliphatic carboxylic acids is 1. The molecule has 1 aromatic rings. The maximum absolute atomic E-state index is 14.0. The van der Waals surface area contributed by atoms with Crippen molar-refractivity contribution in [3.8, 4) is 0 Å². The Morgan fingerprint density at radius 2 is 2.19 bits per heavy atom.